The van der Waals surface area contributed by atoms with Gasteiger partial charge in [-0.1, -0.05) is 41.1 Å². The highest BCUT2D eigenvalue weighted by atomic mass is 35.5. The molecule has 176 valence electrons. The van der Waals surface area contributed by atoms with Gasteiger partial charge < -0.3 is 10.4 Å². The largest absolute Gasteiger partial charge is 0.492 e. The third-order valence-electron chi connectivity index (χ3n) is 5.27. The number of rotatable bonds is 5. The number of nitrogens with one attached hydrogen (secondary N) is 1. The predicted octanol–water partition coefficient (Wildman–Crippen LogP) is 5.07. The van der Waals surface area contributed by atoms with Crippen LogP contribution in [0.3, 0.4) is 0 Å². The van der Waals surface area contributed by atoms with Gasteiger partial charge in [-0.2, -0.15) is 28.4 Å². The molecule has 2 N–H and O–H groups in total. The summed E-state index contributed by atoms with van der Waals surface area (Å²) in [7, 11) is 0. The van der Waals surface area contributed by atoms with Crippen LogP contribution < -0.4 is 15.9 Å². The lowest BCUT2D eigenvalue weighted by molar-refractivity contribution is -0.138. The normalized spacial score (nSPS) is 13.4. The van der Waals surface area contributed by atoms with Crippen LogP contribution >= 0.6 is 22.9 Å². The van der Waals surface area contributed by atoms with E-state index in [1.807, 2.05) is 0 Å². The van der Waals surface area contributed by atoms with Crippen molar-refractivity contribution in [3.05, 3.63) is 98.0 Å². The minimum absolute atomic E-state index is 0.0135. The fraction of sp³-hybridized carbons (Fsp3) is 0.0833. The minimum Gasteiger partial charge on any atom is -0.492 e. The first kappa shape index (κ1) is 23.0. The number of thiazole rings is 1. The standard InChI is InChI=1S/C24H15ClF3N5OS/c25-16-6-4-14(18(11-16)24(26,27)28)10-17(13-5-7-19-15(9-13)12-30-33-19)21-22(34)32-23(35-21)31-20-3-1-2-8-29-20/h1-9,11-12,34H,10H2,(H,29,31,32). The van der Waals surface area contributed by atoms with Crippen LogP contribution in [0.4, 0.5) is 24.1 Å². The van der Waals surface area contributed by atoms with E-state index in [-0.39, 0.29) is 22.9 Å². The number of hydrogen-bond donors (Lipinski definition) is 2. The predicted molar refractivity (Wildman–Crippen MR) is 129 cm³/mol. The van der Waals surface area contributed by atoms with Crippen molar-refractivity contribution in [1.82, 2.24) is 9.97 Å². The van der Waals surface area contributed by atoms with Gasteiger partial charge in [-0.3, -0.25) is 0 Å². The number of fused-ring (bicyclic) bond motifs is 1. The molecule has 0 saturated carbocycles. The lowest BCUT2D eigenvalue weighted by Crippen LogP contribution is -2.17. The lowest BCUT2D eigenvalue weighted by atomic mass is 9.96. The highest BCUT2D eigenvalue weighted by molar-refractivity contribution is 7.17. The van der Waals surface area contributed by atoms with Crippen LogP contribution in [0.15, 0.2) is 71.0 Å². The molecule has 0 saturated heterocycles. The molecule has 0 radical (unpaired) electrons. The van der Waals surface area contributed by atoms with E-state index in [2.05, 4.69) is 25.5 Å². The number of alkyl halides is 3. The van der Waals surface area contributed by atoms with Gasteiger partial charge >= 0.3 is 6.18 Å². The van der Waals surface area contributed by atoms with Crippen molar-refractivity contribution in [3.8, 4) is 5.88 Å². The second-order valence-electron chi connectivity index (χ2n) is 7.58. The van der Waals surface area contributed by atoms with Crippen LogP contribution in [0, 0.1) is 0 Å². The minimum atomic E-state index is -4.60. The first-order chi connectivity index (χ1) is 16.8. The summed E-state index contributed by atoms with van der Waals surface area (Å²) < 4.78 is 41.4. The molecule has 11 heteroatoms. The Labute approximate surface area is 205 Å². The molecule has 1 aliphatic rings. The second kappa shape index (κ2) is 9.12. The summed E-state index contributed by atoms with van der Waals surface area (Å²) in [6, 6.07) is 14.2. The number of anilines is 2. The first-order valence-corrected chi connectivity index (χ1v) is 11.5. The molecule has 2 aromatic heterocycles. The molecule has 3 heterocycles. The molecular weight excluding hydrogens is 499 g/mol. The Kier molecular flexibility index (Phi) is 6.00. The molecule has 0 spiro atoms. The number of benzene rings is 2. The van der Waals surface area contributed by atoms with Gasteiger partial charge in [0.1, 0.15) is 5.82 Å². The number of halogens is 4. The highest BCUT2D eigenvalue weighted by Crippen LogP contribution is 2.39. The van der Waals surface area contributed by atoms with E-state index < -0.39 is 11.7 Å². The molecule has 0 unspecified atom stereocenters. The maximum Gasteiger partial charge on any atom is 0.416 e. The molecule has 5 rings (SSSR count). The maximum atomic E-state index is 13.8. The van der Waals surface area contributed by atoms with E-state index >= 15 is 0 Å². The number of aromatic hydroxyl groups is 1. The summed E-state index contributed by atoms with van der Waals surface area (Å²) in [5.74, 6) is 0.214. The van der Waals surface area contributed by atoms with Crippen molar-refractivity contribution in [2.75, 3.05) is 5.32 Å². The van der Waals surface area contributed by atoms with Gasteiger partial charge in [0.05, 0.1) is 22.0 Å². The van der Waals surface area contributed by atoms with Crippen molar-refractivity contribution in [1.29, 1.82) is 0 Å². The number of pyridine rings is 1. The summed E-state index contributed by atoms with van der Waals surface area (Å²) >= 11 is 6.98. The smallest absolute Gasteiger partial charge is 0.416 e. The average Bonchev–Trinajstić information content (AvgIpc) is 3.44. The van der Waals surface area contributed by atoms with Crippen molar-refractivity contribution in [2.45, 2.75) is 12.6 Å². The molecule has 0 amide bonds. The van der Waals surface area contributed by atoms with Crippen LogP contribution in [0.25, 0.3) is 5.57 Å². The zero-order valence-corrected chi connectivity index (χ0v) is 19.3. The number of nitrogens with zero attached hydrogens (tertiary/aromatic N) is 4. The molecule has 35 heavy (non-hydrogen) atoms. The summed E-state index contributed by atoms with van der Waals surface area (Å²) in [6.07, 6.45) is -1.56. The Bertz CT molecular complexity index is 1570. The van der Waals surface area contributed by atoms with Crippen molar-refractivity contribution in [3.63, 3.8) is 0 Å². The van der Waals surface area contributed by atoms with Crippen molar-refractivity contribution < 1.29 is 18.3 Å². The molecule has 0 aliphatic carbocycles. The summed E-state index contributed by atoms with van der Waals surface area (Å²) in [5.41, 5.74) is 0.367. The van der Waals surface area contributed by atoms with E-state index in [0.717, 1.165) is 23.0 Å². The lowest BCUT2D eigenvalue weighted by Gasteiger charge is -2.15. The van der Waals surface area contributed by atoms with Gasteiger partial charge in [0.25, 0.3) is 0 Å². The van der Waals surface area contributed by atoms with Crippen molar-refractivity contribution >= 4 is 45.7 Å². The van der Waals surface area contributed by atoms with Crippen LogP contribution in [-0.2, 0) is 12.6 Å². The fourth-order valence-electron chi connectivity index (χ4n) is 3.67. The number of aromatic nitrogens is 2. The molecule has 2 aromatic carbocycles. The zero-order valence-electron chi connectivity index (χ0n) is 17.7. The van der Waals surface area contributed by atoms with Gasteiger partial charge in [-0.05, 0) is 52.8 Å². The van der Waals surface area contributed by atoms with E-state index in [4.69, 9.17) is 11.6 Å². The van der Waals surface area contributed by atoms with Crippen LogP contribution in [-0.4, -0.2) is 21.3 Å². The molecular formula is C24H15ClF3N5OS. The Hall–Kier alpha value is -3.76. The highest BCUT2D eigenvalue weighted by Gasteiger charge is 2.34. The Balaban J connectivity index is 1.66. The summed E-state index contributed by atoms with van der Waals surface area (Å²) in [5, 5.41) is 23.2. The van der Waals surface area contributed by atoms with Gasteiger partial charge in [0.2, 0.25) is 5.88 Å². The van der Waals surface area contributed by atoms with Gasteiger partial charge in [-0.15, -0.1) is 0 Å². The SMILES string of the molecule is Oc1nc(Nc2ccccn2)sc1C(Cc1ccc(Cl)cc1C(F)(F)F)=c1ccc2c(c1)C=NN=2. The topological polar surface area (TPSA) is 82.8 Å². The fourth-order valence-corrected chi connectivity index (χ4v) is 4.77. The van der Waals surface area contributed by atoms with Crippen LogP contribution in [0.5, 0.6) is 5.88 Å². The Morgan fingerprint density at radius 1 is 1.09 bits per heavy atom. The third-order valence-corrected chi connectivity index (χ3v) is 6.52. The van der Waals surface area contributed by atoms with E-state index in [1.54, 1.807) is 48.8 Å². The quantitative estimate of drug-likeness (QED) is 0.390. The molecule has 4 aromatic rings. The van der Waals surface area contributed by atoms with Gasteiger partial charge in [-0.25, -0.2) is 4.98 Å². The summed E-state index contributed by atoms with van der Waals surface area (Å²) in [4.78, 5) is 8.67. The molecule has 0 bridgehead atoms. The Morgan fingerprint density at radius 3 is 2.71 bits per heavy atom. The van der Waals surface area contributed by atoms with Gasteiger partial charge in [0, 0.05) is 23.2 Å². The summed E-state index contributed by atoms with van der Waals surface area (Å²) in [6.45, 7) is 0. The molecule has 0 fully saturated rings. The second-order valence-corrected chi connectivity index (χ2v) is 9.02. The van der Waals surface area contributed by atoms with Crippen LogP contribution in [0.1, 0.15) is 21.6 Å². The third kappa shape index (κ3) is 4.89. The first-order valence-electron chi connectivity index (χ1n) is 10.3. The average molecular weight is 514 g/mol. The monoisotopic (exact) mass is 513 g/mol. The number of hydrogen-bond acceptors (Lipinski definition) is 7. The van der Waals surface area contributed by atoms with Gasteiger partial charge in [0.15, 0.2) is 5.13 Å². The van der Waals surface area contributed by atoms with E-state index in [9.17, 15) is 18.3 Å². The Morgan fingerprint density at radius 2 is 1.94 bits per heavy atom. The van der Waals surface area contributed by atoms with Crippen LogP contribution in [0.2, 0.25) is 5.02 Å². The molecule has 0 atom stereocenters. The zero-order chi connectivity index (χ0) is 24.6. The molecule has 1 aliphatic heterocycles. The van der Waals surface area contributed by atoms with Crippen molar-refractivity contribution in [2.24, 2.45) is 10.2 Å². The van der Waals surface area contributed by atoms with E-state index in [1.165, 1.54) is 12.1 Å². The molecule has 6 nitrogen and oxygen atoms in total. The maximum absolute atomic E-state index is 13.8. The van der Waals surface area contributed by atoms with E-state index in [0.29, 0.717) is 32.0 Å².